The van der Waals surface area contributed by atoms with Crippen LogP contribution in [0, 0.1) is 0 Å². The van der Waals surface area contributed by atoms with Crippen molar-refractivity contribution in [3.8, 4) is 11.5 Å². The van der Waals surface area contributed by atoms with Gasteiger partial charge in [0.25, 0.3) is 0 Å². The molecule has 6 nitrogen and oxygen atoms in total. The summed E-state index contributed by atoms with van der Waals surface area (Å²) in [5, 5.41) is 2.89. The van der Waals surface area contributed by atoms with Gasteiger partial charge in [-0.3, -0.25) is 4.79 Å². The third-order valence-electron chi connectivity index (χ3n) is 3.98. The van der Waals surface area contributed by atoms with Gasteiger partial charge >= 0.3 is 0 Å². The van der Waals surface area contributed by atoms with E-state index in [1.165, 1.54) is 0 Å². The molecule has 0 bridgehead atoms. The van der Waals surface area contributed by atoms with Gasteiger partial charge in [-0.1, -0.05) is 6.07 Å². The van der Waals surface area contributed by atoms with Crippen molar-refractivity contribution in [2.75, 3.05) is 18.5 Å². The van der Waals surface area contributed by atoms with E-state index in [1.54, 1.807) is 12.4 Å². The molecule has 0 fully saturated rings. The lowest BCUT2D eigenvalue weighted by molar-refractivity contribution is -0.115. The van der Waals surface area contributed by atoms with Crippen molar-refractivity contribution in [3.63, 3.8) is 0 Å². The molecular weight excluding hydrogens is 306 g/mol. The Labute approximate surface area is 139 Å². The number of aromatic nitrogens is 2. The zero-order valence-electron chi connectivity index (χ0n) is 13.3. The average Bonchev–Trinajstić information content (AvgIpc) is 2.95. The first kappa shape index (κ1) is 14.6. The molecule has 6 heteroatoms. The fourth-order valence-corrected chi connectivity index (χ4v) is 2.80. The number of benzene rings is 2. The molecule has 0 atom stereocenters. The maximum absolute atomic E-state index is 12.3. The van der Waals surface area contributed by atoms with Gasteiger partial charge in [0, 0.05) is 18.8 Å². The second kappa shape index (κ2) is 5.88. The minimum atomic E-state index is -0.0815. The largest absolute Gasteiger partial charge is 0.486 e. The van der Waals surface area contributed by atoms with Crippen molar-refractivity contribution in [1.29, 1.82) is 0 Å². The third kappa shape index (κ3) is 2.78. The number of rotatable bonds is 3. The van der Waals surface area contributed by atoms with Gasteiger partial charge < -0.3 is 19.4 Å². The molecule has 0 radical (unpaired) electrons. The van der Waals surface area contributed by atoms with Gasteiger partial charge in [0.05, 0.1) is 23.8 Å². The molecular formula is C18H17N3O3. The molecule has 2 aromatic carbocycles. The lowest BCUT2D eigenvalue weighted by Gasteiger charge is -2.19. The van der Waals surface area contributed by atoms with Crippen LogP contribution in [0.15, 0.2) is 42.7 Å². The van der Waals surface area contributed by atoms with Crippen LogP contribution in [0.5, 0.6) is 11.5 Å². The molecule has 3 aromatic rings. The van der Waals surface area contributed by atoms with E-state index >= 15 is 0 Å². The Balaban J connectivity index is 1.47. The number of ether oxygens (including phenoxy) is 2. The van der Waals surface area contributed by atoms with E-state index in [9.17, 15) is 4.79 Å². The molecule has 0 unspecified atom stereocenters. The number of hydrogen-bond acceptors (Lipinski definition) is 4. The Morgan fingerprint density at radius 3 is 2.88 bits per heavy atom. The van der Waals surface area contributed by atoms with E-state index in [0.29, 0.717) is 36.8 Å². The third-order valence-corrected chi connectivity index (χ3v) is 3.98. The standard InChI is InChI=1S/C18H17N3O3/c1-21-11-19-14-8-12(2-4-15(14)21)9-18(22)20-13-3-5-16-17(10-13)24-7-6-23-16/h2-5,8,10-11H,6-7,9H2,1H3,(H,20,22). The number of nitrogens with one attached hydrogen (secondary N) is 1. The summed E-state index contributed by atoms with van der Waals surface area (Å²) in [5.41, 5.74) is 3.56. The number of hydrogen-bond donors (Lipinski definition) is 1. The van der Waals surface area contributed by atoms with Crippen molar-refractivity contribution in [1.82, 2.24) is 9.55 Å². The van der Waals surface area contributed by atoms with Crippen LogP contribution >= 0.6 is 0 Å². The molecule has 2 heterocycles. The van der Waals surface area contributed by atoms with Crippen LogP contribution in [0.4, 0.5) is 5.69 Å². The van der Waals surface area contributed by atoms with Crippen LogP contribution in [0.25, 0.3) is 11.0 Å². The van der Waals surface area contributed by atoms with Crippen molar-refractivity contribution in [2.45, 2.75) is 6.42 Å². The number of imidazole rings is 1. The number of carbonyl (C=O) groups is 1. The maximum Gasteiger partial charge on any atom is 0.228 e. The van der Waals surface area contributed by atoms with Crippen LogP contribution < -0.4 is 14.8 Å². The van der Waals surface area contributed by atoms with Gasteiger partial charge in [-0.05, 0) is 29.8 Å². The molecule has 1 aliphatic heterocycles. The summed E-state index contributed by atoms with van der Waals surface area (Å²) in [7, 11) is 1.95. The maximum atomic E-state index is 12.3. The van der Waals surface area contributed by atoms with E-state index in [1.807, 2.05) is 41.9 Å². The first-order chi connectivity index (χ1) is 11.7. The molecule has 0 saturated carbocycles. The summed E-state index contributed by atoms with van der Waals surface area (Å²) in [5.74, 6) is 1.29. The van der Waals surface area contributed by atoms with E-state index in [0.717, 1.165) is 16.6 Å². The second-order valence-electron chi connectivity index (χ2n) is 5.76. The minimum absolute atomic E-state index is 0.0815. The molecule has 0 aliphatic carbocycles. The van der Waals surface area contributed by atoms with Crippen LogP contribution in [0.1, 0.15) is 5.56 Å². The normalized spacial score (nSPS) is 13.0. The van der Waals surface area contributed by atoms with Crippen molar-refractivity contribution < 1.29 is 14.3 Å². The molecule has 24 heavy (non-hydrogen) atoms. The first-order valence-electron chi connectivity index (χ1n) is 7.78. The van der Waals surface area contributed by atoms with Crippen molar-refractivity contribution in [3.05, 3.63) is 48.3 Å². The van der Waals surface area contributed by atoms with Gasteiger partial charge in [-0.2, -0.15) is 0 Å². The Bertz CT molecular complexity index is 917. The molecule has 4 rings (SSSR count). The van der Waals surface area contributed by atoms with Gasteiger partial charge in [-0.15, -0.1) is 0 Å². The number of carbonyl (C=O) groups excluding carboxylic acids is 1. The van der Waals surface area contributed by atoms with Crippen LogP contribution in [-0.4, -0.2) is 28.7 Å². The van der Waals surface area contributed by atoms with E-state index < -0.39 is 0 Å². The summed E-state index contributed by atoms with van der Waals surface area (Å²) >= 11 is 0. The monoisotopic (exact) mass is 323 g/mol. The molecule has 1 aromatic heterocycles. The predicted octanol–water partition coefficient (Wildman–Crippen LogP) is 2.53. The number of nitrogens with zero attached hydrogens (tertiary/aromatic N) is 2. The molecule has 122 valence electrons. The average molecular weight is 323 g/mol. The Morgan fingerprint density at radius 1 is 1.17 bits per heavy atom. The summed E-state index contributed by atoms with van der Waals surface area (Å²) in [6.07, 6.45) is 2.06. The molecule has 1 aliphatic rings. The minimum Gasteiger partial charge on any atom is -0.486 e. The van der Waals surface area contributed by atoms with Gasteiger partial charge in [0.15, 0.2) is 11.5 Å². The lowest BCUT2D eigenvalue weighted by atomic mass is 10.1. The highest BCUT2D eigenvalue weighted by molar-refractivity contribution is 5.93. The number of anilines is 1. The second-order valence-corrected chi connectivity index (χ2v) is 5.76. The predicted molar refractivity (Wildman–Crippen MR) is 90.5 cm³/mol. The van der Waals surface area contributed by atoms with Crippen molar-refractivity contribution in [2.24, 2.45) is 7.05 Å². The summed E-state index contributed by atoms with van der Waals surface area (Å²) in [4.78, 5) is 16.6. The molecule has 0 spiro atoms. The van der Waals surface area contributed by atoms with Gasteiger partial charge in [-0.25, -0.2) is 4.98 Å². The Morgan fingerprint density at radius 2 is 2.00 bits per heavy atom. The number of aryl methyl sites for hydroxylation is 1. The molecule has 1 amide bonds. The van der Waals surface area contributed by atoms with Gasteiger partial charge in [0.2, 0.25) is 5.91 Å². The highest BCUT2D eigenvalue weighted by Gasteiger charge is 2.13. The van der Waals surface area contributed by atoms with Crippen LogP contribution in [0.3, 0.4) is 0 Å². The van der Waals surface area contributed by atoms with Crippen LogP contribution in [0.2, 0.25) is 0 Å². The van der Waals surface area contributed by atoms with E-state index in [2.05, 4.69) is 10.3 Å². The Hall–Kier alpha value is -3.02. The summed E-state index contributed by atoms with van der Waals surface area (Å²) in [6.45, 7) is 1.07. The summed E-state index contributed by atoms with van der Waals surface area (Å²) < 4.78 is 13.0. The zero-order valence-corrected chi connectivity index (χ0v) is 13.3. The number of amides is 1. The number of fused-ring (bicyclic) bond motifs is 2. The molecule has 1 N–H and O–H groups in total. The van der Waals surface area contributed by atoms with Crippen molar-refractivity contribution >= 4 is 22.6 Å². The fraction of sp³-hybridized carbons (Fsp3) is 0.222. The first-order valence-corrected chi connectivity index (χ1v) is 7.78. The highest BCUT2D eigenvalue weighted by Crippen LogP contribution is 2.32. The topological polar surface area (TPSA) is 65.4 Å². The van der Waals surface area contributed by atoms with Gasteiger partial charge in [0.1, 0.15) is 13.2 Å². The zero-order chi connectivity index (χ0) is 16.5. The smallest absolute Gasteiger partial charge is 0.228 e. The van der Waals surface area contributed by atoms with Crippen LogP contribution in [-0.2, 0) is 18.3 Å². The van der Waals surface area contributed by atoms with E-state index in [-0.39, 0.29) is 5.91 Å². The lowest BCUT2D eigenvalue weighted by Crippen LogP contribution is -2.17. The highest BCUT2D eigenvalue weighted by atomic mass is 16.6. The quantitative estimate of drug-likeness (QED) is 0.804. The SMILES string of the molecule is Cn1cnc2cc(CC(=O)Nc3ccc4c(c3)OCCO4)ccc21. The summed E-state index contributed by atoms with van der Waals surface area (Å²) in [6, 6.07) is 11.3. The fourth-order valence-electron chi connectivity index (χ4n) is 2.80. The molecule has 0 saturated heterocycles. The van der Waals surface area contributed by atoms with E-state index in [4.69, 9.17) is 9.47 Å². The Kier molecular flexibility index (Phi) is 3.57.